The Balaban J connectivity index is 2.76. The zero-order chi connectivity index (χ0) is 9.59. The Morgan fingerprint density at radius 2 is 2.31 bits per heavy atom. The lowest BCUT2D eigenvalue weighted by Gasteiger charge is -2.02. The minimum atomic E-state index is -0.395. The zero-order valence-corrected chi connectivity index (χ0v) is 9.07. The van der Waals surface area contributed by atoms with Gasteiger partial charge in [0.2, 0.25) is 0 Å². The fraction of sp³-hybridized carbons (Fsp3) is 0.250. The normalized spacial score (nSPS) is 14.2. The van der Waals surface area contributed by atoms with Crippen molar-refractivity contribution in [2.24, 2.45) is 0 Å². The average molecular weight is 262 g/mol. The van der Waals surface area contributed by atoms with Crippen LogP contribution >= 0.6 is 27.5 Å². The molecule has 0 saturated heterocycles. The number of pyridine rings is 1. The number of hydrogen-bond donors (Lipinski definition) is 0. The molecule has 0 aliphatic carbocycles. The topological polar surface area (TPSA) is 39.2 Å². The number of nitrogens with zero attached hydrogens (tertiary/aromatic N) is 1. The second-order valence-corrected chi connectivity index (χ2v) is 3.88. The molecule has 13 heavy (non-hydrogen) atoms. The average Bonchev–Trinajstić information content (AvgIpc) is 2.44. The van der Waals surface area contributed by atoms with E-state index in [2.05, 4.69) is 20.9 Å². The molecule has 3 nitrogen and oxygen atoms in total. The molecule has 1 aliphatic rings. The monoisotopic (exact) mass is 261 g/mol. The van der Waals surface area contributed by atoms with Crippen LogP contribution in [-0.2, 0) is 11.3 Å². The van der Waals surface area contributed by atoms with Gasteiger partial charge in [-0.15, -0.1) is 0 Å². The van der Waals surface area contributed by atoms with E-state index in [0.29, 0.717) is 5.56 Å². The summed E-state index contributed by atoms with van der Waals surface area (Å²) in [6.07, 6.45) is 0. The van der Waals surface area contributed by atoms with Gasteiger partial charge in [0.1, 0.15) is 17.3 Å². The molecule has 1 aliphatic heterocycles. The second-order valence-electron chi connectivity index (χ2n) is 2.73. The predicted octanol–water partition coefficient (Wildman–Crippen LogP) is 2.48. The van der Waals surface area contributed by atoms with Gasteiger partial charge in [-0.05, 0) is 22.9 Å². The third-order valence-electron chi connectivity index (χ3n) is 1.91. The molecule has 0 fully saturated rings. The highest BCUT2D eigenvalue weighted by molar-refractivity contribution is 9.10. The maximum Gasteiger partial charge on any atom is 0.342 e. The van der Waals surface area contributed by atoms with Gasteiger partial charge in [-0.2, -0.15) is 0 Å². The molecule has 0 radical (unpaired) electrons. The Morgan fingerprint density at radius 3 is 3.00 bits per heavy atom. The number of carbonyl (C=O) groups is 1. The highest BCUT2D eigenvalue weighted by Gasteiger charge is 2.28. The van der Waals surface area contributed by atoms with E-state index >= 15 is 0 Å². The Hall–Kier alpha value is -0.610. The van der Waals surface area contributed by atoms with Crippen LogP contribution in [0.25, 0.3) is 0 Å². The number of cyclic esters (lactones) is 1. The molecule has 0 spiro atoms. The van der Waals surface area contributed by atoms with E-state index < -0.39 is 5.97 Å². The van der Waals surface area contributed by atoms with Crippen LogP contribution in [0.1, 0.15) is 21.6 Å². The van der Waals surface area contributed by atoms with Gasteiger partial charge in [-0.3, -0.25) is 0 Å². The molecule has 2 rings (SSSR count). The van der Waals surface area contributed by atoms with Gasteiger partial charge in [0.15, 0.2) is 0 Å². The first-order valence-electron chi connectivity index (χ1n) is 3.63. The molecule has 0 atom stereocenters. The minimum Gasteiger partial charge on any atom is -0.457 e. The number of rotatable bonds is 0. The molecule has 0 bridgehead atoms. The summed E-state index contributed by atoms with van der Waals surface area (Å²) in [4.78, 5) is 15.2. The van der Waals surface area contributed by atoms with Crippen LogP contribution < -0.4 is 0 Å². The van der Waals surface area contributed by atoms with Crippen molar-refractivity contribution in [3.8, 4) is 0 Å². The first-order valence-corrected chi connectivity index (χ1v) is 4.80. The first-order chi connectivity index (χ1) is 6.11. The SMILES string of the molecule is Cc1nc(Cl)c2c(c1Br)COC2=O. The van der Waals surface area contributed by atoms with Gasteiger partial charge < -0.3 is 4.74 Å². The lowest BCUT2D eigenvalue weighted by molar-refractivity contribution is 0.0535. The summed E-state index contributed by atoms with van der Waals surface area (Å²) in [5, 5.41) is 0.221. The van der Waals surface area contributed by atoms with Gasteiger partial charge in [0, 0.05) is 10.0 Å². The summed E-state index contributed by atoms with van der Waals surface area (Å²) in [6.45, 7) is 2.09. The number of fused-ring (bicyclic) bond motifs is 1. The van der Waals surface area contributed by atoms with Crippen molar-refractivity contribution in [2.75, 3.05) is 0 Å². The number of aromatic nitrogens is 1. The van der Waals surface area contributed by atoms with Gasteiger partial charge in [0.25, 0.3) is 0 Å². The largest absolute Gasteiger partial charge is 0.457 e. The van der Waals surface area contributed by atoms with Gasteiger partial charge >= 0.3 is 5.97 Å². The third-order valence-corrected chi connectivity index (χ3v) is 3.23. The molecule has 0 amide bonds. The molecule has 0 N–H and O–H groups in total. The van der Waals surface area contributed by atoms with Crippen molar-refractivity contribution in [3.05, 3.63) is 26.4 Å². The van der Waals surface area contributed by atoms with Crippen LogP contribution in [-0.4, -0.2) is 11.0 Å². The van der Waals surface area contributed by atoms with Crippen molar-refractivity contribution < 1.29 is 9.53 Å². The zero-order valence-electron chi connectivity index (χ0n) is 6.73. The fourth-order valence-corrected chi connectivity index (χ4v) is 1.98. The van der Waals surface area contributed by atoms with Crippen LogP contribution in [0.15, 0.2) is 4.47 Å². The number of hydrogen-bond acceptors (Lipinski definition) is 3. The lowest BCUT2D eigenvalue weighted by Crippen LogP contribution is -1.98. The number of aryl methyl sites for hydroxylation is 1. The van der Waals surface area contributed by atoms with Crippen molar-refractivity contribution in [1.29, 1.82) is 0 Å². The van der Waals surface area contributed by atoms with E-state index in [1.165, 1.54) is 0 Å². The molecule has 0 saturated carbocycles. The van der Waals surface area contributed by atoms with E-state index in [1.807, 2.05) is 6.92 Å². The highest BCUT2D eigenvalue weighted by Crippen LogP contribution is 2.33. The van der Waals surface area contributed by atoms with Crippen LogP contribution in [0.2, 0.25) is 5.15 Å². The lowest BCUT2D eigenvalue weighted by atomic mass is 10.1. The van der Waals surface area contributed by atoms with E-state index in [4.69, 9.17) is 16.3 Å². The van der Waals surface area contributed by atoms with Crippen LogP contribution in [0, 0.1) is 6.92 Å². The van der Waals surface area contributed by atoms with Gasteiger partial charge in [-0.1, -0.05) is 11.6 Å². The molecule has 1 aromatic heterocycles. The van der Waals surface area contributed by atoms with E-state index in [0.717, 1.165) is 15.7 Å². The number of ether oxygens (including phenoxy) is 1. The Morgan fingerprint density at radius 1 is 1.62 bits per heavy atom. The summed E-state index contributed by atoms with van der Waals surface area (Å²) >= 11 is 9.15. The molecular formula is C8H5BrClNO2. The van der Waals surface area contributed by atoms with Gasteiger partial charge in [0.05, 0.1) is 5.69 Å². The predicted molar refractivity (Wildman–Crippen MR) is 50.8 cm³/mol. The molecular weight excluding hydrogens is 257 g/mol. The first kappa shape index (κ1) is 8.97. The molecule has 68 valence electrons. The number of halogens is 2. The van der Waals surface area contributed by atoms with Crippen LogP contribution in [0.4, 0.5) is 0 Å². The summed E-state index contributed by atoms with van der Waals surface area (Å²) in [5.41, 5.74) is 1.95. The summed E-state index contributed by atoms with van der Waals surface area (Å²) < 4.78 is 5.65. The maximum atomic E-state index is 11.2. The molecule has 5 heteroatoms. The summed E-state index contributed by atoms with van der Waals surface area (Å²) in [6, 6.07) is 0. The van der Waals surface area contributed by atoms with Crippen molar-refractivity contribution >= 4 is 33.5 Å². The molecule has 0 aromatic carbocycles. The summed E-state index contributed by atoms with van der Waals surface area (Å²) in [7, 11) is 0. The van der Waals surface area contributed by atoms with Crippen molar-refractivity contribution in [1.82, 2.24) is 4.98 Å². The van der Waals surface area contributed by atoms with Crippen molar-refractivity contribution in [2.45, 2.75) is 13.5 Å². The smallest absolute Gasteiger partial charge is 0.342 e. The van der Waals surface area contributed by atoms with Crippen molar-refractivity contribution in [3.63, 3.8) is 0 Å². The van der Waals surface area contributed by atoms with E-state index in [9.17, 15) is 4.79 Å². The molecule has 0 unspecified atom stereocenters. The highest BCUT2D eigenvalue weighted by atomic mass is 79.9. The van der Waals surface area contributed by atoms with Crippen LogP contribution in [0.3, 0.4) is 0 Å². The van der Waals surface area contributed by atoms with Gasteiger partial charge in [-0.25, -0.2) is 9.78 Å². The quantitative estimate of drug-likeness (QED) is 0.532. The number of esters is 1. The Kier molecular flexibility index (Phi) is 2.04. The number of carbonyl (C=O) groups excluding carboxylic acids is 1. The minimum absolute atomic E-state index is 0.221. The standard InChI is InChI=1S/C8H5BrClNO2/c1-3-6(9)4-2-13-8(12)5(4)7(10)11-3/h2H2,1H3. The molecule has 2 heterocycles. The Labute approximate surface area is 88.2 Å². The second kappa shape index (κ2) is 2.96. The van der Waals surface area contributed by atoms with Crippen LogP contribution in [0.5, 0.6) is 0 Å². The maximum absolute atomic E-state index is 11.2. The summed E-state index contributed by atoms with van der Waals surface area (Å²) in [5.74, 6) is -0.395. The van der Waals surface area contributed by atoms with E-state index in [-0.39, 0.29) is 11.8 Å². The third kappa shape index (κ3) is 1.25. The fourth-order valence-electron chi connectivity index (χ4n) is 1.26. The van der Waals surface area contributed by atoms with E-state index in [1.54, 1.807) is 0 Å². The molecule has 1 aromatic rings. The Bertz CT molecular complexity index is 406.